The third-order valence-corrected chi connectivity index (χ3v) is 5.08. The summed E-state index contributed by atoms with van der Waals surface area (Å²) in [4.78, 5) is 22.6. The topological polar surface area (TPSA) is 108 Å². The molecule has 0 aliphatic rings. The van der Waals surface area contributed by atoms with E-state index in [-0.39, 0.29) is 5.91 Å². The minimum atomic E-state index is -0.189. The van der Waals surface area contributed by atoms with E-state index in [4.69, 9.17) is 20.3 Å². The molecule has 0 radical (unpaired) electrons. The fourth-order valence-corrected chi connectivity index (χ4v) is 3.52. The maximum Gasteiger partial charge on any atom is 0.246 e. The van der Waals surface area contributed by atoms with Crippen LogP contribution in [0.25, 0.3) is 22.3 Å². The summed E-state index contributed by atoms with van der Waals surface area (Å²) in [5.74, 6) is 1.30. The van der Waals surface area contributed by atoms with Gasteiger partial charge in [-0.25, -0.2) is 14.6 Å². The zero-order chi connectivity index (χ0) is 24.0. The first-order valence-electron chi connectivity index (χ1n) is 10.3. The predicted octanol–water partition coefficient (Wildman–Crippen LogP) is 3.24. The fourth-order valence-electron chi connectivity index (χ4n) is 3.52. The molecule has 0 aliphatic carbocycles. The van der Waals surface area contributed by atoms with Gasteiger partial charge in [-0.05, 0) is 36.8 Å². The molecule has 0 saturated carbocycles. The highest BCUT2D eigenvalue weighted by atomic mass is 16.5. The van der Waals surface area contributed by atoms with Crippen LogP contribution >= 0.6 is 0 Å². The standard InChI is InChI=1S/C24H28N6O3/c1-6-8-16(3)14-29(20(31)7-2)11-12-30-24-21(23(25)26-15-27-24)22(28-30)17-9-10-18(32-4)19(13-17)33-5/h6-10,13,15H,2-3,11-12,14H2,1,4-5H3,(H2,25,26,27)/b8-6-. The third-order valence-electron chi connectivity index (χ3n) is 5.08. The van der Waals surface area contributed by atoms with Crippen molar-refractivity contribution in [2.75, 3.05) is 33.0 Å². The Morgan fingerprint density at radius 1 is 1.24 bits per heavy atom. The number of nitrogens with two attached hydrogens (primary N) is 1. The molecular weight excluding hydrogens is 420 g/mol. The molecule has 0 unspecified atom stereocenters. The van der Waals surface area contributed by atoms with E-state index in [1.54, 1.807) is 29.9 Å². The van der Waals surface area contributed by atoms with Crippen LogP contribution in [0.4, 0.5) is 5.82 Å². The monoisotopic (exact) mass is 448 g/mol. The average Bonchev–Trinajstić information content (AvgIpc) is 3.20. The first-order valence-corrected chi connectivity index (χ1v) is 10.3. The van der Waals surface area contributed by atoms with Gasteiger partial charge in [0.2, 0.25) is 5.91 Å². The minimum absolute atomic E-state index is 0.189. The fraction of sp³-hybridized carbons (Fsp3) is 0.250. The van der Waals surface area contributed by atoms with Crippen molar-refractivity contribution in [2.24, 2.45) is 0 Å². The first-order chi connectivity index (χ1) is 15.9. The number of fused-ring (bicyclic) bond motifs is 1. The Balaban J connectivity index is 2.00. The number of nitrogen functional groups attached to an aromatic ring is 1. The number of carbonyl (C=O) groups is 1. The predicted molar refractivity (Wildman–Crippen MR) is 129 cm³/mol. The van der Waals surface area contributed by atoms with Crippen molar-refractivity contribution in [2.45, 2.75) is 13.5 Å². The lowest BCUT2D eigenvalue weighted by molar-refractivity contribution is -0.125. The van der Waals surface area contributed by atoms with Crippen molar-refractivity contribution in [1.29, 1.82) is 0 Å². The Hall–Kier alpha value is -4.14. The molecule has 1 amide bonds. The number of carbonyl (C=O) groups excluding carboxylic acids is 1. The molecule has 0 spiro atoms. The summed E-state index contributed by atoms with van der Waals surface area (Å²) >= 11 is 0. The smallest absolute Gasteiger partial charge is 0.246 e. The second-order valence-electron chi connectivity index (χ2n) is 7.22. The Kier molecular flexibility index (Phi) is 7.45. The number of nitrogens with zero attached hydrogens (tertiary/aromatic N) is 5. The molecule has 172 valence electrons. The van der Waals surface area contributed by atoms with Gasteiger partial charge < -0.3 is 20.1 Å². The summed E-state index contributed by atoms with van der Waals surface area (Å²) in [6.45, 7) is 10.7. The van der Waals surface area contributed by atoms with Gasteiger partial charge in [0.15, 0.2) is 17.1 Å². The highest BCUT2D eigenvalue weighted by Gasteiger charge is 2.19. The van der Waals surface area contributed by atoms with Crippen LogP contribution in [0.15, 0.2) is 61.5 Å². The van der Waals surface area contributed by atoms with Crippen LogP contribution in [0.2, 0.25) is 0 Å². The van der Waals surface area contributed by atoms with Gasteiger partial charge in [0.25, 0.3) is 0 Å². The largest absolute Gasteiger partial charge is 0.493 e. The van der Waals surface area contributed by atoms with Gasteiger partial charge in [-0.3, -0.25) is 4.79 Å². The van der Waals surface area contributed by atoms with E-state index in [1.807, 2.05) is 31.2 Å². The molecule has 0 saturated heterocycles. The number of aromatic nitrogens is 4. The molecule has 0 bridgehead atoms. The molecule has 3 rings (SSSR count). The molecule has 0 fully saturated rings. The van der Waals surface area contributed by atoms with Crippen LogP contribution in [-0.2, 0) is 11.3 Å². The van der Waals surface area contributed by atoms with Crippen molar-refractivity contribution in [3.63, 3.8) is 0 Å². The molecule has 0 atom stereocenters. The average molecular weight is 449 g/mol. The Morgan fingerprint density at radius 2 is 2.00 bits per heavy atom. The number of methoxy groups -OCH3 is 2. The number of amides is 1. The van der Waals surface area contributed by atoms with E-state index in [1.165, 1.54) is 12.4 Å². The molecule has 0 aliphatic heterocycles. The molecule has 2 N–H and O–H groups in total. The van der Waals surface area contributed by atoms with Crippen LogP contribution in [0.1, 0.15) is 6.92 Å². The summed E-state index contributed by atoms with van der Waals surface area (Å²) < 4.78 is 12.5. The summed E-state index contributed by atoms with van der Waals surface area (Å²) in [5, 5.41) is 5.39. The van der Waals surface area contributed by atoms with Gasteiger partial charge in [-0.1, -0.05) is 25.3 Å². The van der Waals surface area contributed by atoms with Crippen LogP contribution in [0, 0.1) is 0 Å². The second kappa shape index (κ2) is 10.4. The summed E-state index contributed by atoms with van der Waals surface area (Å²) in [7, 11) is 3.15. The summed E-state index contributed by atoms with van der Waals surface area (Å²) in [6, 6.07) is 5.50. The molecule has 2 aromatic heterocycles. The summed E-state index contributed by atoms with van der Waals surface area (Å²) in [6.07, 6.45) is 6.44. The summed E-state index contributed by atoms with van der Waals surface area (Å²) in [5.41, 5.74) is 8.98. The van der Waals surface area contributed by atoms with Crippen LogP contribution < -0.4 is 15.2 Å². The van der Waals surface area contributed by atoms with Gasteiger partial charge in [0, 0.05) is 18.7 Å². The number of ether oxygens (including phenoxy) is 2. The van der Waals surface area contributed by atoms with Crippen molar-refractivity contribution < 1.29 is 14.3 Å². The normalized spacial score (nSPS) is 11.0. The van der Waals surface area contributed by atoms with E-state index < -0.39 is 0 Å². The Morgan fingerprint density at radius 3 is 2.67 bits per heavy atom. The Labute approximate surface area is 192 Å². The highest BCUT2D eigenvalue weighted by Crippen LogP contribution is 2.35. The van der Waals surface area contributed by atoms with E-state index in [2.05, 4.69) is 23.1 Å². The van der Waals surface area contributed by atoms with Crippen LogP contribution in [0.3, 0.4) is 0 Å². The van der Waals surface area contributed by atoms with Gasteiger partial charge in [0.05, 0.1) is 26.2 Å². The van der Waals surface area contributed by atoms with Gasteiger partial charge >= 0.3 is 0 Å². The van der Waals surface area contributed by atoms with E-state index in [0.717, 1.165) is 11.1 Å². The number of rotatable bonds is 10. The zero-order valence-corrected chi connectivity index (χ0v) is 19.1. The number of benzene rings is 1. The molecular formula is C24H28N6O3. The lowest BCUT2D eigenvalue weighted by Crippen LogP contribution is -2.34. The van der Waals surface area contributed by atoms with Gasteiger partial charge in [-0.2, -0.15) is 5.10 Å². The zero-order valence-electron chi connectivity index (χ0n) is 19.1. The minimum Gasteiger partial charge on any atom is -0.493 e. The molecule has 1 aromatic carbocycles. The first kappa shape index (κ1) is 23.5. The van der Waals surface area contributed by atoms with Crippen LogP contribution in [-0.4, -0.2) is 57.9 Å². The molecule has 9 heteroatoms. The van der Waals surface area contributed by atoms with Crippen molar-refractivity contribution in [3.05, 3.63) is 61.5 Å². The lowest BCUT2D eigenvalue weighted by Gasteiger charge is -2.21. The quantitative estimate of drug-likeness (QED) is 0.375. The third kappa shape index (κ3) is 5.03. The number of allylic oxidation sites excluding steroid dienone is 1. The molecule has 9 nitrogen and oxygen atoms in total. The van der Waals surface area contributed by atoms with Crippen molar-refractivity contribution in [3.8, 4) is 22.8 Å². The van der Waals surface area contributed by atoms with Gasteiger partial charge in [0.1, 0.15) is 17.8 Å². The second-order valence-corrected chi connectivity index (χ2v) is 7.22. The maximum absolute atomic E-state index is 12.4. The molecule has 3 aromatic rings. The highest BCUT2D eigenvalue weighted by molar-refractivity contribution is 5.98. The van der Waals surface area contributed by atoms with E-state index in [0.29, 0.717) is 53.7 Å². The van der Waals surface area contributed by atoms with E-state index in [9.17, 15) is 4.79 Å². The van der Waals surface area contributed by atoms with E-state index >= 15 is 0 Å². The van der Waals surface area contributed by atoms with Crippen LogP contribution in [0.5, 0.6) is 11.5 Å². The SMILES string of the molecule is C=CC(=O)N(CCn1nc(-c2ccc(OC)c(OC)c2)c2c(N)ncnc21)CC(=C)/C=C\C. The van der Waals surface area contributed by atoms with Crippen molar-refractivity contribution >= 4 is 22.8 Å². The Bertz CT molecular complexity index is 1210. The molecule has 33 heavy (non-hydrogen) atoms. The number of hydrogen-bond acceptors (Lipinski definition) is 7. The van der Waals surface area contributed by atoms with Crippen molar-refractivity contribution in [1.82, 2.24) is 24.6 Å². The lowest BCUT2D eigenvalue weighted by atomic mass is 10.1. The molecule has 2 heterocycles. The maximum atomic E-state index is 12.4. The number of anilines is 1. The number of hydrogen-bond donors (Lipinski definition) is 1. The van der Waals surface area contributed by atoms with Gasteiger partial charge in [-0.15, -0.1) is 0 Å².